The lowest BCUT2D eigenvalue weighted by Gasteiger charge is -2.57. The normalized spacial score (nSPS) is 35.2. The highest BCUT2D eigenvalue weighted by Crippen LogP contribution is 2.60. The van der Waals surface area contributed by atoms with Gasteiger partial charge in [0.25, 0.3) is 0 Å². The van der Waals surface area contributed by atoms with Gasteiger partial charge < -0.3 is 9.42 Å². The first-order valence-electron chi connectivity index (χ1n) is 9.54. The molecular formula is C20H30N2O2. The van der Waals surface area contributed by atoms with Gasteiger partial charge in [0.1, 0.15) is 5.76 Å². The molecule has 4 fully saturated rings. The van der Waals surface area contributed by atoms with Crippen molar-refractivity contribution < 1.29 is 9.32 Å². The summed E-state index contributed by atoms with van der Waals surface area (Å²) in [6.45, 7) is 6.75. The van der Waals surface area contributed by atoms with Crippen molar-refractivity contribution in [3.63, 3.8) is 0 Å². The Morgan fingerprint density at radius 1 is 1.21 bits per heavy atom. The number of nitrogens with zero attached hydrogens (tertiary/aromatic N) is 2. The highest BCUT2D eigenvalue weighted by atomic mass is 16.5. The Hall–Kier alpha value is -1.32. The minimum atomic E-state index is -0.171. The van der Waals surface area contributed by atoms with Gasteiger partial charge in [0.2, 0.25) is 5.91 Å². The second-order valence-electron chi connectivity index (χ2n) is 9.07. The lowest BCUT2D eigenvalue weighted by atomic mass is 9.49. The van der Waals surface area contributed by atoms with E-state index in [1.165, 1.54) is 38.5 Å². The summed E-state index contributed by atoms with van der Waals surface area (Å²) in [5.74, 6) is 3.60. The molecule has 1 atom stereocenters. The van der Waals surface area contributed by atoms with Gasteiger partial charge in [-0.2, -0.15) is 0 Å². The van der Waals surface area contributed by atoms with E-state index in [1.807, 2.05) is 32.7 Å². The Kier molecular flexibility index (Phi) is 3.77. The molecule has 1 aromatic rings. The molecular weight excluding hydrogens is 300 g/mol. The van der Waals surface area contributed by atoms with E-state index < -0.39 is 0 Å². The van der Waals surface area contributed by atoms with Crippen molar-refractivity contribution in [2.24, 2.45) is 23.2 Å². The molecule has 1 amide bonds. The zero-order chi connectivity index (χ0) is 17.1. The number of carbonyl (C=O) groups excluding carboxylic acids is 1. The van der Waals surface area contributed by atoms with Crippen LogP contribution in [0.25, 0.3) is 0 Å². The molecule has 4 aliphatic rings. The van der Waals surface area contributed by atoms with Gasteiger partial charge in [0.05, 0.1) is 11.6 Å². The summed E-state index contributed by atoms with van der Waals surface area (Å²) in [5, 5.41) is 4.01. The van der Waals surface area contributed by atoms with Crippen LogP contribution < -0.4 is 0 Å². The summed E-state index contributed by atoms with van der Waals surface area (Å²) >= 11 is 0. The van der Waals surface area contributed by atoms with Crippen molar-refractivity contribution in [2.75, 3.05) is 13.6 Å². The topological polar surface area (TPSA) is 46.3 Å². The highest BCUT2D eigenvalue weighted by molar-refractivity contribution is 5.83. The zero-order valence-electron chi connectivity index (χ0n) is 15.5. The summed E-state index contributed by atoms with van der Waals surface area (Å²) in [5.41, 5.74) is 2.21. The van der Waals surface area contributed by atoms with Crippen LogP contribution in [0.4, 0.5) is 0 Å². The first-order chi connectivity index (χ1) is 11.4. The fraction of sp³-hybridized carbons (Fsp3) is 0.800. The second-order valence-corrected chi connectivity index (χ2v) is 9.07. The van der Waals surface area contributed by atoms with Crippen molar-refractivity contribution in [3.8, 4) is 0 Å². The number of hydrogen-bond acceptors (Lipinski definition) is 3. The number of amides is 1. The number of carbonyl (C=O) groups is 1. The summed E-state index contributed by atoms with van der Waals surface area (Å²) in [4.78, 5) is 15.0. The van der Waals surface area contributed by atoms with E-state index in [0.29, 0.717) is 5.41 Å². The van der Waals surface area contributed by atoms with Crippen LogP contribution in [0, 0.1) is 37.0 Å². The van der Waals surface area contributed by atoms with E-state index in [9.17, 15) is 4.79 Å². The minimum absolute atomic E-state index is 0.171. The quantitative estimate of drug-likeness (QED) is 0.836. The van der Waals surface area contributed by atoms with Crippen molar-refractivity contribution >= 4 is 5.91 Å². The van der Waals surface area contributed by atoms with Crippen LogP contribution in [-0.2, 0) is 4.79 Å². The maximum absolute atomic E-state index is 13.0. The maximum Gasteiger partial charge on any atom is 0.229 e. The van der Waals surface area contributed by atoms with Crippen molar-refractivity contribution in [1.82, 2.24) is 10.1 Å². The standard InChI is InChI=1S/C20H30N2O2/c1-12(18-13(2)21-24-14(18)3)19(23)22(4)11-20-8-15-5-16(9-20)7-17(6-15)10-20/h12,15-17H,5-11H2,1-4H3/t12-,15?,16?,17?,20?/m1/s1. The van der Waals surface area contributed by atoms with Crippen LogP contribution in [0.5, 0.6) is 0 Å². The minimum Gasteiger partial charge on any atom is -0.361 e. The number of aromatic nitrogens is 1. The third kappa shape index (κ3) is 2.58. The van der Waals surface area contributed by atoms with Gasteiger partial charge in [-0.05, 0) is 82.5 Å². The molecule has 5 rings (SSSR count). The van der Waals surface area contributed by atoms with Gasteiger partial charge in [0, 0.05) is 19.2 Å². The Morgan fingerprint density at radius 3 is 2.21 bits per heavy atom. The van der Waals surface area contributed by atoms with E-state index in [-0.39, 0.29) is 11.8 Å². The maximum atomic E-state index is 13.0. The Morgan fingerprint density at radius 2 is 1.75 bits per heavy atom. The fourth-order valence-electron chi connectivity index (χ4n) is 6.63. The third-order valence-corrected chi connectivity index (χ3v) is 7.01. The van der Waals surface area contributed by atoms with Crippen LogP contribution in [0.1, 0.15) is 68.4 Å². The zero-order valence-corrected chi connectivity index (χ0v) is 15.5. The van der Waals surface area contributed by atoms with Crippen molar-refractivity contribution in [3.05, 3.63) is 17.0 Å². The van der Waals surface area contributed by atoms with Crippen LogP contribution in [0.15, 0.2) is 4.52 Å². The van der Waals surface area contributed by atoms with Gasteiger partial charge in [-0.15, -0.1) is 0 Å². The van der Waals surface area contributed by atoms with Crippen LogP contribution in [0.2, 0.25) is 0 Å². The van der Waals surface area contributed by atoms with E-state index in [2.05, 4.69) is 5.16 Å². The predicted octanol–water partition coefficient (Wildman–Crippen LogP) is 4.07. The van der Waals surface area contributed by atoms with Gasteiger partial charge >= 0.3 is 0 Å². The molecule has 4 aliphatic carbocycles. The molecule has 4 heteroatoms. The van der Waals surface area contributed by atoms with Crippen molar-refractivity contribution in [2.45, 2.75) is 65.2 Å². The van der Waals surface area contributed by atoms with Gasteiger partial charge in [-0.3, -0.25) is 4.79 Å². The monoisotopic (exact) mass is 330 g/mol. The lowest BCUT2D eigenvalue weighted by Crippen LogP contribution is -2.51. The summed E-state index contributed by atoms with van der Waals surface area (Å²) < 4.78 is 5.26. The van der Waals surface area contributed by atoms with E-state index in [0.717, 1.165) is 41.3 Å². The summed E-state index contributed by atoms with van der Waals surface area (Å²) in [7, 11) is 2.00. The van der Waals surface area contributed by atoms with Crippen LogP contribution >= 0.6 is 0 Å². The second kappa shape index (κ2) is 5.60. The Balaban J connectivity index is 1.48. The molecule has 1 heterocycles. The van der Waals surface area contributed by atoms with Crippen LogP contribution in [0.3, 0.4) is 0 Å². The molecule has 0 N–H and O–H groups in total. The molecule has 0 radical (unpaired) electrons. The molecule has 0 aromatic carbocycles. The Bertz CT molecular complexity index is 593. The molecule has 24 heavy (non-hydrogen) atoms. The SMILES string of the molecule is Cc1noc(C)c1[C@@H](C)C(=O)N(C)CC12CC3CC(CC(C3)C1)C2. The molecule has 0 saturated heterocycles. The fourth-order valence-corrected chi connectivity index (χ4v) is 6.63. The molecule has 0 aliphatic heterocycles. The smallest absolute Gasteiger partial charge is 0.229 e. The number of hydrogen-bond donors (Lipinski definition) is 0. The van der Waals surface area contributed by atoms with E-state index >= 15 is 0 Å². The molecule has 4 nitrogen and oxygen atoms in total. The molecule has 4 bridgehead atoms. The predicted molar refractivity (Wildman–Crippen MR) is 92.6 cm³/mol. The number of aryl methyl sites for hydroxylation is 2. The van der Waals surface area contributed by atoms with Crippen LogP contribution in [-0.4, -0.2) is 29.6 Å². The molecule has 1 aromatic heterocycles. The molecule has 4 saturated carbocycles. The average molecular weight is 330 g/mol. The van der Waals surface area contributed by atoms with E-state index in [4.69, 9.17) is 4.52 Å². The molecule has 132 valence electrons. The third-order valence-electron chi connectivity index (χ3n) is 7.01. The molecule has 0 spiro atoms. The number of rotatable bonds is 4. The lowest BCUT2D eigenvalue weighted by molar-refractivity contribution is -0.136. The summed E-state index contributed by atoms with van der Waals surface area (Å²) in [6, 6.07) is 0. The number of likely N-dealkylation sites (N-methyl/N-ethyl adjacent to an activating group) is 1. The highest BCUT2D eigenvalue weighted by Gasteiger charge is 2.51. The van der Waals surface area contributed by atoms with Crippen molar-refractivity contribution in [1.29, 1.82) is 0 Å². The first-order valence-corrected chi connectivity index (χ1v) is 9.54. The van der Waals surface area contributed by atoms with E-state index in [1.54, 1.807) is 0 Å². The van der Waals surface area contributed by atoms with Gasteiger partial charge in [0.15, 0.2) is 0 Å². The first kappa shape index (κ1) is 16.2. The largest absolute Gasteiger partial charge is 0.361 e. The summed E-state index contributed by atoms with van der Waals surface area (Å²) in [6.07, 6.45) is 8.38. The van der Waals surface area contributed by atoms with Gasteiger partial charge in [-0.25, -0.2) is 0 Å². The van der Waals surface area contributed by atoms with Gasteiger partial charge in [-0.1, -0.05) is 5.16 Å². The Labute approximate surface area is 145 Å². The molecule has 0 unspecified atom stereocenters. The average Bonchev–Trinajstić information content (AvgIpc) is 2.83.